The molecule has 2 aliphatic heterocycles. The van der Waals surface area contributed by atoms with E-state index in [1.165, 1.54) is 6.33 Å². The summed E-state index contributed by atoms with van der Waals surface area (Å²) in [5.41, 5.74) is 1.70. The second-order valence-electron chi connectivity index (χ2n) is 9.39. The molecule has 1 fully saturated rings. The summed E-state index contributed by atoms with van der Waals surface area (Å²) in [6.45, 7) is 7.66. The van der Waals surface area contributed by atoms with Gasteiger partial charge in [0.2, 0.25) is 5.91 Å². The number of nitrogens with one attached hydrogen (secondary N) is 2. The van der Waals surface area contributed by atoms with Crippen LogP contribution in [0.3, 0.4) is 0 Å². The van der Waals surface area contributed by atoms with E-state index >= 15 is 0 Å². The van der Waals surface area contributed by atoms with Crippen LogP contribution in [0.5, 0.6) is 0 Å². The number of cyclic esters (lactones) is 1. The second kappa shape index (κ2) is 9.47. The van der Waals surface area contributed by atoms with Crippen LogP contribution in [0.2, 0.25) is 5.02 Å². The summed E-state index contributed by atoms with van der Waals surface area (Å²) in [5.74, 6) is 0.976. The molecular weight excluding hydrogens is 468 g/mol. The highest BCUT2D eigenvalue weighted by Crippen LogP contribution is 2.39. The zero-order valence-electron chi connectivity index (χ0n) is 19.9. The molecular formula is C25H29ClN6O3. The standard InChI is InChI=1S/C25H29ClN6O3/c1-14(2)27-12-18(16-4-6-17(26)7-5-16)24(33)32-11-10-31(19-8-9-20(19)32)23-21-15(3)35-25(34)30-22(21)28-13-29-23/h4-9,13-15,18-20,27H,10-12H2,1-3H3,(H,28,29,30,34)/t15-,18+,19-,20+/m0/s1. The minimum Gasteiger partial charge on any atom is -0.441 e. The molecule has 0 bridgehead atoms. The number of hydrogen-bond acceptors (Lipinski definition) is 7. The molecule has 5 rings (SSSR count). The van der Waals surface area contributed by atoms with Crippen molar-refractivity contribution >= 4 is 35.2 Å². The maximum Gasteiger partial charge on any atom is 0.413 e. The number of aromatic nitrogens is 2. The average Bonchev–Trinajstić information content (AvgIpc) is 2.79. The quantitative estimate of drug-likeness (QED) is 0.590. The molecule has 1 aliphatic carbocycles. The summed E-state index contributed by atoms with van der Waals surface area (Å²) >= 11 is 6.10. The summed E-state index contributed by atoms with van der Waals surface area (Å²) in [6, 6.07) is 7.71. The van der Waals surface area contributed by atoms with Crippen molar-refractivity contribution in [2.75, 3.05) is 29.9 Å². The van der Waals surface area contributed by atoms with E-state index in [-0.39, 0.29) is 30.0 Å². The van der Waals surface area contributed by atoms with Crippen LogP contribution >= 0.6 is 11.6 Å². The van der Waals surface area contributed by atoms with Crippen LogP contribution in [0.15, 0.2) is 42.7 Å². The summed E-state index contributed by atoms with van der Waals surface area (Å²) in [5, 5.41) is 6.74. The van der Waals surface area contributed by atoms with E-state index < -0.39 is 12.2 Å². The lowest BCUT2D eigenvalue weighted by Gasteiger charge is -2.51. The van der Waals surface area contributed by atoms with Crippen LogP contribution in [0.4, 0.5) is 16.4 Å². The number of piperazine rings is 1. The number of hydrogen-bond donors (Lipinski definition) is 2. The van der Waals surface area contributed by atoms with Crippen molar-refractivity contribution < 1.29 is 14.3 Å². The fraction of sp³-hybridized carbons (Fsp3) is 0.440. The Morgan fingerprint density at radius 2 is 1.94 bits per heavy atom. The van der Waals surface area contributed by atoms with Gasteiger partial charge >= 0.3 is 6.09 Å². The third kappa shape index (κ3) is 4.46. The van der Waals surface area contributed by atoms with Crippen LogP contribution < -0.4 is 15.5 Å². The SMILES string of the molecule is CC(C)NC[C@@H](C(=O)N1CCN(c2ncnc3c2[C@H](C)OC(=O)N3)[C@H]2C=C[C@H]21)c1ccc(Cl)cc1. The fourth-order valence-electron chi connectivity index (χ4n) is 4.94. The van der Waals surface area contributed by atoms with Gasteiger partial charge in [0, 0.05) is 30.7 Å². The first-order valence-corrected chi connectivity index (χ1v) is 12.3. The summed E-state index contributed by atoms with van der Waals surface area (Å²) in [7, 11) is 0. The maximum atomic E-state index is 13.9. The first-order valence-electron chi connectivity index (χ1n) is 11.9. The van der Waals surface area contributed by atoms with Crippen LogP contribution in [-0.2, 0) is 9.53 Å². The highest BCUT2D eigenvalue weighted by atomic mass is 35.5. The van der Waals surface area contributed by atoms with Gasteiger partial charge in [-0.05, 0) is 24.6 Å². The molecule has 1 aromatic heterocycles. The molecule has 0 radical (unpaired) electrons. The molecule has 3 heterocycles. The van der Waals surface area contributed by atoms with Gasteiger partial charge < -0.3 is 19.9 Å². The van der Waals surface area contributed by atoms with Crippen LogP contribution in [0.25, 0.3) is 0 Å². The number of carbonyl (C=O) groups is 2. The van der Waals surface area contributed by atoms with E-state index in [4.69, 9.17) is 16.3 Å². The third-order valence-electron chi connectivity index (χ3n) is 6.79. The molecule has 2 aromatic rings. The average molecular weight is 497 g/mol. The monoisotopic (exact) mass is 496 g/mol. The van der Waals surface area contributed by atoms with E-state index in [1.807, 2.05) is 36.1 Å². The largest absolute Gasteiger partial charge is 0.441 e. The Morgan fingerprint density at radius 1 is 1.20 bits per heavy atom. The Hall–Kier alpha value is -3.17. The molecule has 10 heteroatoms. The summed E-state index contributed by atoms with van der Waals surface area (Å²) in [6.07, 6.45) is 4.63. The van der Waals surface area contributed by atoms with Gasteiger partial charge in [0.15, 0.2) is 0 Å². The van der Waals surface area contributed by atoms with Crippen molar-refractivity contribution in [1.29, 1.82) is 0 Å². The molecule has 0 spiro atoms. The lowest BCUT2D eigenvalue weighted by atomic mass is 9.88. The van der Waals surface area contributed by atoms with Crippen molar-refractivity contribution in [3.63, 3.8) is 0 Å². The minimum atomic E-state index is -0.519. The van der Waals surface area contributed by atoms with Gasteiger partial charge in [0.25, 0.3) is 0 Å². The van der Waals surface area contributed by atoms with Gasteiger partial charge in [0.05, 0.1) is 23.6 Å². The number of fused-ring (bicyclic) bond motifs is 2. The van der Waals surface area contributed by atoms with E-state index in [0.717, 1.165) is 16.9 Å². The van der Waals surface area contributed by atoms with Crippen molar-refractivity contribution in [2.45, 2.75) is 50.9 Å². The molecule has 1 saturated heterocycles. The highest BCUT2D eigenvalue weighted by molar-refractivity contribution is 6.30. The predicted molar refractivity (Wildman–Crippen MR) is 134 cm³/mol. The first-order chi connectivity index (χ1) is 16.8. The second-order valence-corrected chi connectivity index (χ2v) is 9.83. The smallest absolute Gasteiger partial charge is 0.413 e. The van der Waals surface area contributed by atoms with Crippen molar-refractivity contribution in [2.24, 2.45) is 0 Å². The summed E-state index contributed by atoms with van der Waals surface area (Å²) in [4.78, 5) is 38.6. The van der Waals surface area contributed by atoms with Gasteiger partial charge in [-0.25, -0.2) is 14.8 Å². The van der Waals surface area contributed by atoms with Gasteiger partial charge in [0.1, 0.15) is 24.1 Å². The normalized spacial score (nSPS) is 23.7. The van der Waals surface area contributed by atoms with Gasteiger partial charge in [-0.15, -0.1) is 0 Å². The Morgan fingerprint density at radius 3 is 2.63 bits per heavy atom. The molecule has 184 valence electrons. The highest BCUT2D eigenvalue weighted by Gasteiger charge is 2.44. The number of nitrogens with zero attached hydrogens (tertiary/aromatic N) is 4. The Balaban J connectivity index is 1.39. The molecule has 9 nitrogen and oxygen atoms in total. The van der Waals surface area contributed by atoms with Gasteiger partial charge in [-0.1, -0.05) is 49.7 Å². The van der Waals surface area contributed by atoms with E-state index in [2.05, 4.69) is 51.5 Å². The number of carbonyl (C=O) groups excluding carboxylic acids is 2. The molecule has 0 unspecified atom stereocenters. The van der Waals surface area contributed by atoms with Gasteiger partial charge in [-0.3, -0.25) is 10.1 Å². The number of halogens is 1. The van der Waals surface area contributed by atoms with Crippen LogP contribution in [0.1, 0.15) is 43.9 Å². The lowest BCUT2D eigenvalue weighted by molar-refractivity contribution is -0.135. The van der Waals surface area contributed by atoms with Crippen LogP contribution in [0, 0.1) is 0 Å². The molecule has 3 aliphatic rings. The van der Waals surface area contributed by atoms with E-state index in [9.17, 15) is 9.59 Å². The zero-order chi connectivity index (χ0) is 24.7. The molecule has 2 amide bonds. The van der Waals surface area contributed by atoms with Crippen molar-refractivity contribution in [1.82, 2.24) is 20.2 Å². The molecule has 2 N–H and O–H groups in total. The van der Waals surface area contributed by atoms with E-state index in [1.54, 1.807) is 0 Å². The molecule has 4 atom stereocenters. The lowest BCUT2D eigenvalue weighted by Crippen LogP contribution is -2.64. The Bertz CT molecular complexity index is 1150. The summed E-state index contributed by atoms with van der Waals surface area (Å²) < 4.78 is 5.36. The maximum absolute atomic E-state index is 13.9. The fourth-order valence-corrected chi connectivity index (χ4v) is 5.06. The van der Waals surface area contributed by atoms with Crippen LogP contribution in [-0.4, -0.2) is 64.6 Å². The molecule has 35 heavy (non-hydrogen) atoms. The van der Waals surface area contributed by atoms with Gasteiger partial charge in [-0.2, -0.15) is 0 Å². The van der Waals surface area contributed by atoms with E-state index in [0.29, 0.717) is 30.5 Å². The number of benzene rings is 1. The Kier molecular flexibility index (Phi) is 6.37. The molecule has 1 aromatic carbocycles. The minimum absolute atomic E-state index is 0.0135. The number of amides is 2. The van der Waals surface area contributed by atoms with Crippen molar-refractivity contribution in [3.05, 3.63) is 58.9 Å². The zero-order valence-corrected chi connectivity index (χ0v) is 20.7. The predicted octanol–water partition coefficient (Wildman–Crippen LogP) is 3.49. The third-order valence-corrected chi connectivity index (χ3v) is 7.04. The number of rotatable bonds is 6. The first kappa shape index (κ1) is 23.6. The van der Waals surface area contributed by atoms with Crippen molar-refractivity contribution in [3.8, 4) is 0 Å². The number of anilines is 2. The number of ether oxygens (including phenoxy) is 1. The topological polar surface area (TPSA) is 99.7 Å². The Labute approximate surface area is 209 Å². The molecule has 0 saturated carbocycles.